The highest BCUT2D eigenvalue weighted by Crippen LogP contribution is 2.39. The van der Waals surface area contributed by atoms with Crippen LogP contribution in [-0.4, -0.2) is 28.7 Å². The molecular weight excluding hydrogens is 426 g/mol. The van der Waals surface area contributed by atoms with Crippen LogP contribution in [0.5, 0.6) is 0 Å². The van der Waals surface area contributed by atoms with E-state index in [2.05, 4.69) is 26.1 Å². The van der Waals surface area contributed by atoms with Crippen molar-refractivity contribution in [3.05, 3.63) is 65.2 Å². The van der Waals surface area contributed by atoms with Gasteiger partial charge in [-0.3, -0.25) is 9.79 Å². The highest BCUT2D eigenvalue weighted by atomic mass is 16.4. The zero-order valence-electron chi connectivity index (χ0n) is 20.9. The molecule has 1 amide bonds. The van der Waals surface area contributed by atoms with E-state index in [0.717, 1.165) is 40.3 Å². The summed E-state index contributed by atoms with van der Waals surface area (Å²) < 4.78 is 0. The second-order valence-corrected chi connectivity index (χ2v) is 9.06. The summed E-state index contributed by atoms with van der Waals surface area (Å²) in [5, 5.41) is 13.1. The molecular formula is C28H35N3O3. The molecule has 6 nitrogen and oxygen atoms in total. The van der Waals surface area contributed by atoms with Gasteiger partial charge in [-0.2, -0.15) is 0 Å². The molecule has 0 aromatic heterocycles. The Morgan fingerprint density at radius 2 is 1.82 bits per heavy atom. The van der Waals surface area contributed by atoms with Crippen LogP contribution >= 0.6 is 0 Å². The number of rotatable bonds is 7. The summed E-state index contributed by atoms with van der Waals surface area (Å²) in [6.45, 7) is 12.0. The maximum Gasteiger partial charge on any atom is 0.335 e. The SMILES string of the molecule is C/C=C(\N=C(C)C(C)CC)c1ccc(NC2CC(C)N(C(C)=O)c3ccc(C(=O)O)cc32)cc1. The number of aromatic carboxylic acids is 1. The number of carbonyl (C=O) groups is 2. The Labute approximate surface area is 202 Å². The Kier molecular flexibility index (Phi) is 7.92. The lowest BCUT2D eigenvalue weighted by molar-refractivity contribution is -0.117. The molecule has 2 aromatic rings. The van der Waals surface area contributed by atoms with E-state index in [0.29, 0.717) is 12.3 Å². The van der Waals surface area contributed by atoms with Gasteiger partial charge in [-0.25, -0.2) is 4.79 Å². The van der Waals surface area contributed by atoms with Gasteiger partial charge < -0.3 is 15.3 Å². The Bertz CT molecular complexity index is 1120. The van der Waals surface area contributed by atoms with Crippen molar-refractivity contribution in [3.8, 4) is 0 Å². The zero-order chi connectivity index (χ0) is 25.0. The van der Waals surface area contributed by atoms with Gasteiger partial charge in [0.25, 0.3) is 0 Å². The fraction of sp³-hybridized carbons (Fsp3) is 0.393. The second-order valence-electron chi connectivity index (χ2n) is 9.06. The van der Waals surface area contributed by atoms with Gasteiger partial charge in [-0.15, -0.1) is 0 Å². The van der Waals surface area contributed by atoms with Gasteiger partial charge in [0.05, 0.1) is 17.3 Å². The molecule has 0 saturated carbocycles. The van der Waals surface area contributed by atoms with E-state index < -0.39 is 5.97 Å². The fourth-order valence-corrected chi connectivity index (χ4v) is 4.44. The molecule has 0 radical (unpaired) electrons. The number of allylic oxidation sites excluding steroid dienone is 1. The van der Waals surface area contributed by atoms with Crippen molar-refractivity contribution in [2.24, 2.45) is 10.9 Å². The average Bonchev–Trinajstić information content (AvgIpc) is 2.81. The molecule has 1 heterocycles. The van der Waals surface area contributed by atoms with Crippen LogP contribution in [0.1, 0.15) is 81.9 Å². The van der Waals surface area contributed by atoms with Gasteiger partial charge in [0.1, 0.15) is 0 Å². The number of nitrogens with one attached hydrogen (secondary N) is 1. The standard InChI is InChI=1S/C28H35N3O3/c1-7-17(3)19(5)29-25(8-2)21-9-12-23(13-10-21)30-26-15-18(4)31(20(6)32)27-14-11-22(28(33)34)16-24(26)27/h8-14,16-18,26,30H,7,15H2,1-6H3,(H,33,34)/b25-8-,29-19?. The van der Waals surface area contributed by atoms with Crippen molar-refractivity contribution in [3.63, 3.8) is 0 Å². The Morgan fingerprint density at radius 3 is 2.38 bits per heavy atom. The van der Waals surface area contributed by atoms with Crippen LogP contribution < -0.4 is 10.2 Å². The van der Waals surface area contributed by atoms with Crippen LogP contribution in [0.15, 0.2) is 53.5 Å². The largest absolute Gasteiger partial charge is 0.478 e. The summed E-state index contributed by atoms with van der Waals surface area (Å²) in [6.07, 6.45) is 3.76. The zero-order valence-corrected chi connectivity index (χ0v) is 20.9. The van der Waals surface area contributed by atoms with Crippen molar-refractivity contribution < 1.29 is 14.7 Å². The third kappa shape index (κ3) is 5.38. The number of aliphatic imine (C=N–C) groups is 1. The van der Waals surface area contributed by atoms with E-state index in [1.807, 2.05) is 44.2 Å². The van der Waals surface area contributed by atoms with Gasteiger partial charge in [-0.05, 0) is 81.0 Å². The number of carboxylic acids is 1. The normalized spacial score (nSPS) is 19.4. The Balaban J connectivity index is 1.89. The van der Waals surface area contributed by atoms with Crippen molar-refractivity contribution in [2.45, 2.75) is 66.5 Å². The average molecular weight is 462 g/mol. The number of fused-ring (bicyclic) bond motifs is 1. The summed E-state index contributed by atoms with van der Waals surface area (Å²) in [4.78, 5) is 30.5. The quantitative estimate of drug-likeness (QED) is 0.458. The summed E-state index contributed by atoms with van der Waals surface area (Å²) in [5.41, 5.74) is 5.84. The molecule has 0 aliphatic carbocycles. The predicted molar refractivity (Wildman–Crippen MR) is 140 cm³/mol. The molecule has 0 spiro atoms. The lowest BCUT2D eigenvalue weighted by atomic mass is 9.90. The number of carbonyl (C=O) groups excluding carboxylic acids is 1. The van der Waals surface area contributed by atoms with Crippen LogP contribution in [0, 0.1) is 5.92 Å². The summed E-state index contributed by atoms with van der Waals surface area (Å²) in [7, 11) is 0. The fourth-order valence-electron chi connectivity index (χ4n) is 4.44. The summed E-state index contributed by atoms with van der Waals surface area (Å²) in [6, 6.07) is 13.0. The van der Waals surface area contributed by atoms with E-state index >= 15 is 0 Å². The monoisotopic (exact) mass is 461 g/mol. The molecule has 2 N–H and O–H groups in total. The Hall–Kier alpha value is -3.41. The van der Waals surface area contributed by atoms with E-state index in [4.69, 9.17) is 4.99 Å². The van der Waals surface area contributed by atoms with E-state index in [-0.39, 0.29) is 23.6 Å². The maximum atomic E-state index is 12.3. The van der Waals surface area contributed by atoms with Crippen molar-refractivity contribution in [2.75, 3.05) is 10.2 Å². The van der Waals surface area contributed by atoms with E-state index in [1.54, 1.807) is 30.0 Å². The third-order valence-electron chi connectivity index (χ3n) is 6.68. The van der Waals surface area contributed by atoms with E-state index in [1.165, 1.54) is 0 Å². The molecule has 3 unspecified atom stereocenters. The molecule has 34 heavy (non-hydrogen) atoms. The minimum atomic E-state index is -0.981. The minimum Gasteiger partial charge on any atom is -0.478 e. The number of carboxylic acid groups (broad SMARTS) is 1. The summed E-state index contributed by atoms with van der Waals surface area (Å²) >= 11 is 0. The van der Waals surface area contributed by atoms with Crippen LogP contribution in [0.3, 0.4) is 0 Å². The minimum absolute atomic E-state index is 0.00931. The van der Waals surface area contributed by atoms with Crippen LogP contribution in [0.2, 0.25) is 0 Å². The molecule has 0 fully saturated rings. The number of benzene rings is 2. The first-order valence-electron chi connectivity index (χ1n) is 11.9. The maximum absolute atomic E-state index is 12.3. The molecule has 180 valence electrons. The number of nitrogens with zero attached hydrogens (tertiary/aromatic N) is 2. The highest BCUT2D eigenvalue weighted by molar-refractivity contribution is 5.95. The van der Waals surface area contributed by atoms with Gasteiger partial charge in [0, 0.05) is 30.1 Å². The van der Waals surface area contributed by atoms with Gasteiger partial charge in [-0.1, -0.05) is 32.1 Å². The topological polar surface area (TPSA) is 82.0 Å². The smallest absolute Gasteiger partial charge is 0.335 e. The van der Waals surface area contributed by atoms with Gasteiger partial charge in [0.2, 0.25) is 5.91 Å². The number of hydrogen-bond donors (Lipinski definition) is 2. The first-order chi connectivity index (χ1) is 16.2. The molecule has 1 aliphatic rings. The van der Waals surface area contributed by atoms with Crippen molar-refractivity contribution in [1.29, 1.82) is 0 Å². The molecule has 3 rings (SSSR count). The van der Waals surface area contributed by atoms with Gasteiger partial charge >= 0.3 is 5.97 Å². The predicted octanol–water partition coefficient (Wildman–Crippen LogP) is 6.55. The first kappa shape index (κ1) is 25.2. The number of hydrogen-bond acceptors (Lipinski definition) is 4. The lowest BCUT2D eigenvalue weighted by Crippen LogP contribution is -2.43. The van der Waals surface area contributed by atoms with E-state index in [9.17, 15) is 14.7 Å². The van der Waals surface area contributed by atoms with Crippen LogP contribution in [-0.2, 0) is 4.79 Å². The molecule has 2 aromatic carbocycles. The molecule has 0 saturated heterocycles. The second kappa shape index (κ2) is 10.7. The molecule has 3 atom stereocenters. The van der Waals surface area contributed by atoms with Crippen LogP contribution in [0.25, 0.3) is 5.70 Å². The summed E-state index contributed by atoms with van der Waals surface area (Å²) in [5.74, 6) is -0.590. The van der Waals surface area contributed by atoms with Crippen molar-refractivity contribution in [1.82, 2.24) is 0 Å². The number of amides is 1. The molecule has 1 aliphatic heterocycles. The third-order valence-corrected chi connectivity index (χ3v) is 6.68. The van der Waals surface area contributed by atoms with Crippen molar-refractivity contribution >= 4 is 34.7 Å². The van der Waals surface area contributed by atoms with Crippen LogP contribution in [0.4, 0.5) is 11.4 Å². The number of anilines is 2. The first-order valence-corrected chi connectivity index (χ1v) is 11.9. The Morgan fingerprint density at radius 1 is 1.18 bits per heavy atom. The highest BCUT2D eigenvalue weighted by Gasteiger charge is 2.33. The molecule has 6 heteroatoms. The molecule has 0 bridgehead atoms. The van der Waals surface area contributed by atoms with Gasteiger partial charge in [0.15, 0.2) is 0 Å². The lowest BCUT2D eigenvalue weighted by Gasteiger charge is -2.39.